The topological polar surface area (TPSA) is 84.5 Å². The van der Waals surface area contributed by atoms with Gasteiger partial charge in [-0.05, 0) is 49.1 Å². The Morgan fingerprint density at radius 2 is 1.64 bits per heavy atom. The van der Waals surface area contributed by atoms with E-state index in [0.29, 0.717) is 13.0 Å². The molecule has 0 radical (unpaired) electrons. The van der Waals surface area contributed by atoms with Gasteiger partial charge in [-0.1, -0.05) is 43.7 Å². The van der Waals surface area contributed by atoms with Crippen molar-refractivity contribution in [3.05, 3.63) is 59.7 Å². The Labute approximate surface area is 167 Å². The molecule has 2 aromatic rings. The van der Waals surface area contributed by atoms with Crippen molar-refractivity contribution in [1.82, 2.24) is 10.0 Å². The van der Waals surface area contributed by atoms with Crippen molar-refractivity contribution < 1.29 is 17.9 Å². The van der Waals surface area contributed by atoms with E-state index in [9.17, 15) is 13.2 Å². The first-order valence-corrected chi connectivity index (χ1v) is 10.7. The van der Waals surface area contributed by atoms with Crippen LogP contribution in [0.3, 0.4) is 0 Å². The zero-order valence-corrected chi connectivity index (χ0v) is 17.5. The number of rotatable bonds is 9. The molecule has 0 fully saturated rings. The molecule has 0 saturated heterocycles. The van der Waals surface area contributed by atoms with Crippen LogP contribution in [0.25, 0.3) is 0 Å². The lowest BCUT2D eigenvalue weighted by Crippen LogP contribution is -2.47. The number of ether oxygens (including phenoxy) is 1. The van der Waals surface area contributed by atoms with Crippen molar-refractivity contribution in [1.29, 1.82) is 0 Å². The second kappa shape index (κ2) is 9.71. The molecule has 0 spiro atoms. The van der Waals surface area contributed by atoms with E-state index in [1.54, 1.807) is 31.4 Å². The van der Waals surface area contributed by atoms with E-state index in [0.717, 1.165) is 16.9 Å². The molecule has 7 heteroatoms. The zero-order chi connectivity index (χ0) is 20.7. The van der Waals surface area contributed by atoms with E-state index in [1.165, 1.54) is 0 Å². The number of methoxy groups -OCH3 is 1. The molecule has 0 aliphatic carbocycles. The van der Waals surface area contributed by atoms with Crippen LogP contribution in [0.15, 0.2) is 53.4 Å². The molecule has 152 valence electrons. The highest BCUT2D eigenvalue weighted by molar-refractivity contribution is 7.89. The summed E-state index contributed by atoms with van der Waals surface area (Å²) in [5.74, 6) is 0.538. The van der Waals surface area contributed by atoms with Gasteiger partial charge in [0.25, 0.3) is 0 Å². The quantitative estimate of drug-likeness (QED) is 0.673. The molecule has 28 heavy (non-hydrogen) atoms. The number of hydrogen-bond acceptors (Lipinski definition) is 4. The summed E-state index contributed by atoms with van der Waals surface area (Å²) >= 11 is 0. The molecule has 0 bridgehead atoms. The number of carbonyl (C=O) groups excluding carboxylic acids is 1. The molecule has 1 atom stereocenters. The fourth-order valence-electron chi connectivity index (χ4n) is 2.71. The molecular weight excluding hydrogens is 376 g/mol. The Morgan fingerprint density at radius 1 is 1.04 bits per heavy atom. The summed E-state index contributed by atoms with van der Waals surface area (Å²) in [7, 11) is -2.20. The van der Waals surface area contributed by atoms with Gasteiger partial charge >= 0.3 is 0 Å². The third-order valence-corrected chi connectivity index (χ3v) is 5.77. The van der Waals surface area contributed by atoms with Gasteiger partial charge in [-0.2, -0.15) is 4.72 Å². The van der Waals surface area contributed by atoms with Crippen LogP contribution in [0.2, 0.25) is 0 Å². The van der Waals surface area contributed by atoms with E-state index >= 15 is 0 Å². The first kappa shape index (κ1) is 21.9. The minimum Gasteiger partial charge on any atom is -0.497 e. The Balaban J connectivity index is 2.08. The third-order valence-electron chi connectivity index (χ3n) is 4.28. The Morgan fingerprint density at radius 3 is 2.18 bits per heavy atom. The van der Waals surface area contributed by atoms with Gasteiger partial charge in [0.05, 0.1) is 12.0 Å². The van der Waals surface area contributed by atoms with Crippen LogP contribution in [0.4, 0.5) is 0 Å². The largest absolute Gasteiger partial charge is 0.497 e. The molecule has 6 nitrogen and oxygen atoms in total. The zero-order valence-electron chi connectivity index (χ0n) is 16.7. The predicted octanol–water partition coefficient (Wildman–Crippen LogP) is 3.01. The lowest BCUT2D eigenvalue weighted by Gasteiger charge is -2.20. The molecule has 2 N–H and O–H groups in total. The molecule has 2 rings (SSSR count). The number of sulfonamides is 1. The number of carbonyl (C=O) groups is 1. The fourth-order valence-corrected chi connectivity index (χ4v) is 3.92. The van der Waals surface area contributed by atoms with Crippen LogP contribution >= 0.6 is 0 Å². The minimum absolute atomic E-state index is 0.148. The molecule has 0 heterocycles. The molecule has 0 aliphatic rings. The van der Waals surface area contributed by atoms with Crippen molar-refractivity contribution in [2.45, 2.75) is 44.7 Å². The molecule has 1 unspecified atom stereocenters. The van der Waals surface area contributed by atoms with Crippen molar-refractivity contribution in [3.8, 4) is 5.75 Å². The number of amides is 1. The maximum absolute atomic E-state index is 12.7. The number of hydrogen-bond donors (Lipinski definition) is 2. The van der Waals surface area contributed by atoms with Crippen molar-refractivity contribution in [2.24, 2.45) is 5.92 Å². The average Bonchev–Trinajstić information content (AvgIpc) is 2.65. The summed E-state index contributed by atoms with van der Waals surface area (Å²) in [4.78, 5) is 12.8. The van der Waals surface area contributed by atoms with Gasteiger partial charge in [-0.25, -0.2) is 8.42 Å². The highest BCUT2D eigenvalue weighted by Gasteiger charge is 2.26. The van der Waals surface area contributed by atoms with Gasteiger partial charge in [0, 0.05) is 6.54 Å². The average molecular weight is 405 g/mol. The first-order valence-electron chi connectivity index (χ1n) is 9.21. The van der Waals surface area contributed by atoms with E-state index < -0.39 is 16.1 Å². The van der Waals surface area contributed by atoms with E-state index in [4.69, 9.17) is 4.74 Å². The monoisotopic (exact) mass is 404 g/mol. The number of aryl methyl sites for hydroxylation is 1. The maximum atomic E-state index is 12.7. The minimum atomic E-state index is -3.79. The predicted molar refractivity (Wildman–Crippen MR) is 110 cm³/mol. The summed E-state index contributed by atoms with van der Waals surface area (Å²) in [5, 5.41) is 2.82. The molecule has 2 aromatic carbocycles. The second-order valence-corrected chi connectivity index (χ2v) is 8.90. The smallest absolute Gasteiger partial charge is 0.241 e. The van der Waals surface area contributed by atoms with Crippen molar-refractivity contribution in [2.75, 3.05) is 7.11 Å². The second-order valence-electron chi connectivity index (χ2n) is 7.18. The van der Waals surface area contributed by atoms with Gasteiger partial charge in [-0.15, -0.1) is 0 Å². The highest BCUT2D eigenvalue weighted by Crippen LogP contribution is 2.14. The lowest BCUT2D eigenvalue weighted by molar-refractivity contribution is -0.123. The van der Waals surface area contributed by atoms with Crippen molar-refractivity contribution in [3.63, 3.8) is 0 Å². The maximum Gasteiger partial charge on any atom is 0.241 e. The van der Waals surface area contributed by atoms with Gasteiger partial charge in [0.15, 0.2) is 0 Å². The summed E-state index contributed by atoms with van der Waals surface area (Å²) in [6.07, 6.45) is 0.402. The molecular formula is C21H28N2O4S. The van der Waals surface area contributed by atoms with Crippen molar-refractivity contribution >= 4 is 15.9 Å². The summed E-state index contributed by atoms with van der Waals surface area (Å²) < 4.78 is 33.0. The Hall–Kier alpha value is -2.38. The molecule has 0 aliphatic heterocycles. The standard InChI is InChI=1S/C21H28N2O4S/c1-15(2)13-20(23-28(25,26)19-11-5-16(3)6-12-19)21(24)22-14-17-7-9-18(27-4)10-8-17/h5-12,15,20,23H,13-14H2,1-4H3,(H,22,24). The molecule has 0 saturated carbocycles. The van der Waals surface area contributed by atoms with E-state index in [-0.39, 0.29) is 16.7 Å². The van der Waals surface area contributed by atoms with Crippen LogP contribution < -0.4 is 14.8 Å². The van der Waals surface area contributed by atoms with Crippen LogP contribution in [0.5, 0.6) is 5.75 Å². The summed E-state index contributed by atoms with van der Waals surface area (Å²) in [5.41, 5.74) is 1.87. The number of nitrogens with one attached hydrogen (secondary N) is 2. The van der Waals surface area contributed by atoms with Gasteiger partial charge in [0.2, 0.25) is 15.9 Å². The van der Waals surface area contributed by atoms with Crippen LogP contribution in [-0.4, -0.2) is 27.5 Å². The molecule has 1 amide bonds. The van der Waals surface area contributed by atoms with E-state index in [2.05, 4.69) is 10.0 Å². The first-order chi connectivity index (χ1) is 13.2. The van der Waals surface area contributed by atoms with Gasteiger partial charge in [-0.3, -0.25) is 4.79 Å². The summed E-state index contributed by atoms with van der Waals surface area (Å²) in [6, 6.07) is 13.0. The van der Waals surface area contributed by atoms with Gasteiger partial charge in [0.1, 0.15) is 11.8 Å². The normalized spacial score (nSPS) is 12.6. The van der Waals surface area contributed by atoms with Gasteiger partial charge < -0.3 is 10.1 Å². The van der Waals surface area contributed by atoms with Crippen LogP contribution in [0, 0.1) is 12.8 Å². The highest BCUT2D eigenvalue weighted by atomic mass is 32.2. The Kier molecular flexibility index (Phi) is 7.60. The Bertz CT molecular complexity index is 876. The number of benzene rings is 2. The fraction of sp³-hybridized carbons (Fsp3) is 0.381. The lowest BCUT2D eigenvalue weighted by atomic mass is 10.0. The summed E-state index contributed by atoms with van der Waals surface area (Å²) in [6.45, 7) is 6.09. The van der Waals surface area contributed by atoms with E-state index in [1.807, 2.05) is 45.0 Å². The third kappa shape index (κ3) is 6.35. The molecule has 0 aromatic heterocycles. The van der Waals surface area contributed by atoms with Crippen LogP contribution in [-0.2, 0) is 21.4 Å². The SMILES string of the molecule is COc1ccc(CNC(=O)C(CC(C)C)NS(=O)(=O)c2ccc(C)cc2)cc1. The van der Waals surface area contributed by atoms with Crippen LogP contribution in [0.1, 0.15) is 31.4 Å².